The highest BCUT2D eigenvalue weighted by Crippen LogP contribution is 2.06. The quantitative estimate of drug-likeness (QED) is 0.236. The van der Waals surface area contributed by atoms with Crippen molar-refractivity contribution in [2.45, 2.75) is 19.8 Å². The monoisotopic (exact) mass is 155 g/mol. The van der Waals surface area contributed by atoms with Gasteiger partial charge in [-0.25, -0.2) is 0 Å². The third-order valence-electron chi connectivity index (χ3n) is 1.96. The summed E-state index contributed by atoms with van der Waals surface area (Å²) in [6.45, 7) is 3.41. The van der Waals surface area contributed by atoms with Crippen LogP contribution in [0.2, 0.25) is 0 Å². The Bertz CT molecular complexity index is 178. The molecule has 0 saturated carbocycles. The molecule has 11 heavy (non-hydrogen) atoms. The van der Waals surface area contributed by atoms with Gasteiger partial charge in [-0.1, -0.05) is 5.16 Å². The summed E-state index contributed by atoms with van der Waals surface area (Å²) in [7, 11) is 0. The van der Waals surface area contributed by atoms with E-state index in [1.807, 2.05) is 4.90 Å². The van der Waals surface area contributed by atoms with Gasteiger partial charge in [-0.05, 0) is 6.92 Å². The zero-order chi connectivity index (χ0) is 8.27. The van der Waals surface area contributed by atoms with E-state index in [4.69, 9.17) is 10.6 Å². The number of rotatable bonds is 0. The molecule has 1 rings (SSSR count). The number of likely N-dealkylation sites (tertiary alicyclic amines) is 1. The minimum Gasteiger partial charge on any atom is -0.411 e. The Balaban J connectivity index is 2.42. The Labute approximate surface area is 66.0 Å². The first kappa shape index (κ1) is 8.04. The Morgan fingerprint density at radius 2 is 2.09 bits per heavy atom. The lowest BCUT2D eigenvalue weighted by Gasteiger charge is -2.27. The molecule has 2 N–H and O–H groups in total. The third-order valence-corrected chi connectivity index (χ3v) is 1.96. The number of oxime groups is 1. The van der Waals surface area contributed by atoms with Gasteiger partial charge in [0, 0.05) is 25.9 Å². The van der Waals surface area contributed by atoms with Crippen molar-refractivity contribution in [1.29, 1.82) is 5.41 Å². The molecule has 1 fully saturated rings. The van der Waals surface area contributed by atoms with Crippen LogP contribution in [0.15, 0.2) is 5.16 Å². The van der Waals surface area contributed by atoms with Gasteiger partial charge in [0.1, 0.15) is 0 Å². The molecule has 1 saturated heterocycles. The van der Waals surface area contributed by atoms with Crippen molar-refractivity contribution in [3.8, 4) is 0 Å². The number of hydrogen-bond donors (Lipinski definition) is 2. The van der Waals surface area contributed by atoms with Crippen LogP contribution in [0, 0.1) is 5.41 Å². The first-order valence-corrected chi connectivity index (χ1v) is 3.74. The maximum absolute atomic E-state index is 8.43. The normalized spacial score (nSPS) is 18.3. The fourth-order valence-electron chi connectivity index (χ4n) is 1.20. The van der Waals surface area contributed by atoms with Crippen LogP contribution in [0.4, 0.5) is 0 Å². The summed E-state index contributed by atoms with van der Waals surface area (Å²) in [6.07, 6.45) is 1.57. The Morgan fingerprint density at radius 1 is 1.55 bits per heavy atom. The number of piperidine rings is 1. The average Bonchev–Trinajstić information content (AvgIpc) is 2.05. The molecule has 1 aliphatic rings. The zero-order valence-corrected chi connectivity index (χ0v) is 6.67. The molecular formula is C7H13N3O. The molecule has 0 spiro atoms. The molecule has 0 unspecified atom stereocenters. The minimum atomic E-state index is 0.599. The maximum atomic E-state index is 8.43. The van der Waals surface area contributed by atoms with Gasteiger partial charge in [0.25, 0.3) is 0 Å². The van der Waals surface area contributed by atoms with Gasteiger partial charge < -0.3 is 10.1 Å². The second kappa shape index (κ2) is 3.37. The number of amidine groups is 1. The van der Waals surface area contributed by atoms with Crippen LogP contribution in [0.3, 0.4) is 0 Å². The maximum Gasteiger partial charge on any atom is 0.0926 e. The molecule has 0 radical (unpaired) electrons. The fraction of sp³-hybridized carbons (Fsp3) is 0.714. The van der Waals surface area contributed by atoms with Crippen LogP contribution < -0.4 is 0 Å². The lowest BCUT2D eigenvalue weighted by molar-refractivity contribution is 0.309. The average molecular weight is 155 g/mol. The molecule has 0 amide bonds. The van der Waals surface area contributed by atoms with Crippen molar-refractivity contribution in [3.63, 3.8) is 0 Å². The smallest absolute Gasteiger partial charge is 0.0926 e. The van der Waals surface area contributed by atoms with Gasteiger partial charge in [0.15, 0.2) is 0 Å². The summed E-state index contributed by atoms with van der Waals surface area (Å²) < 4.78 is 0. The number of hydrogen-bond acceptors (Lipinski definition) is 3. The van der Waals surface area contributed by atoms with Crippen molar-refractivity contribution in [1.82, 2.24) is 4.90 Å². The van der Waals surface area contributed by atoms with Gasteiger partial charge in [0.2, 0.25) is 0 Å². The first-order valence-electron chi connectivity index (χ1n) is 3.74. The van der Waals surface area contributed by atoms with E-state index in [0.29, 0.717) is 5.84 Å². The lowest BCUT2D eigenvalue weighted by Crippen LogP contribution is -2.36. The molecule has 0 aromatic carbocycles. The van der Waals surface area contributed by atoms with Crippen molar-refractivity contribution in [2.75, 3.05) is 13.1 Å². The molecule has 62 valence electrons. The SMILES string of the molecule is CC(=N)N1CCC(=NO)CC1. The van der Waals surface area contributed by atoms with E-state index in [1.54, 1.807) is 6.92 Å². The molecule has 0 atom stereocenters. The van der Waals surface area contributed by atoms with Crippen molar-refractivity contribution < 1.29 is 5.21 Å². The summed E-state index contributed by atoms with van der Waals surface area (Å²) in [6, 6.07) is 0. The molecule has 0 bridgehead atoms. The summed E-state index contributed by atoms with van der Waals surface area (Å²) >= 11 is 0. The lowest BCUT2D eigenvalue weighted by atomic mass is 10.1. The Kier molecular flexibility index (Phi) is 2.46. The molecule has 0 aromatic rings. The third kappa shape index (κ3) is 1.93. The van der Waals surface area contributed by atoms with Crippen LogP contribution in [0.5, 0.6) is 0 Å². The van der Waals surface area contributed by atoms with E-state index in [-0.39, 0.29) is 0 Å². The minimum absolute atomic E-state index is 0.599. The van der Waals surface area contributed by atoms with Crippen LogP contribution in [0.1, 0.15) is 19.8 Å². The van der Waals surface area contributed by atoms with E-state index in [1.165, 1.54) is 0 Å². The molecule has 4 nitrogen and oxygen atoms in total. The summed E-state index contributed by atoms with van der Waals surface area (Å²) in [5, 5.41) is 18.9. The summed E-state index contributed by atoms with van der Waals surface area (Å²) in [4.78, 5) is 1.98. The second-order valence-electron chi connectivity index (χ2n) is 2.74. The van der Waals surface area contributed by atoms with Crippen LogP contribution >= 0.6 is 0 Å². The van der Waals surface area contributed by atoms with E-state index >= 15 is 0 Å². The van der Waals surface area contributed by atoms with Crippen LogP contribution in [-0.2, 0) is 0 Å². The van der Waals surface area contributed by atoms with Gasteiger partial charge in [-0.3, -0.25) is 5.41 Å². The number of nitrogens with zero attached hydrogens (tertiary/aromatic N) is 2. The first-order chi connectivity index (χ1) is 5.24. The van der Waals surface area contributed by atoms with Crippen LogP contribution in [0.25, 0.3) is 0 Å². The largest absolute Gasteiger partial charge is 0.411 e. The molecule has 1 heterocycles. The zero-order valence-electron chi connectivity index (χ0n) is 6.67. The second-order valence-corrected chi connectivity index (χ2v) is 2.74. The van der Waals surface area contributed by atoms with Crippen molar-refractivity contribution in [3.05, 3.63) is 0 Å². The van der Waals surface area contributed by atoms with Crippen molar-refractivity contribution >= 4 is 11.5 Å². The fourth-order valence-corrected chi connectivity index (χ4v) is 1.20. The van der Waals surface area contributed by atoms with Crippen molar-refractivity contribution in [2.24, 2.45) is 5.16 Å². The summed E-state index contributed by atoms with van der Waals surface area (Å²) in [5.41, 5.74) is 0.850. The Hall–Kier alpha value is -1.06. The van der Waals surface area contributed by atoms with Gasteiger partial charge >= 0.3 is 0 Å². The standard InChI is InChI=1S/C7H13N3O/c1-6(8)10-4-2-7(9-11)3-5-10/h8,11H,2-5H2,1H3. The highest BCUT2D eigenvalue weighted by molar-refractivity contribution is 5.87. The van der Waals surface area contributed by atoms with Crippen LogP contribution in [-0.4, -0.2) is 34.7 Å². The van der Waals surface area contributed by atoms with E-state index in [2.05, 4.69) is 5.16 Å². The van der Waals surface area contributed by atoms with Gasteiger partial charge in [-0.2, -0.15) is 0 Å². The topological polar surface area (TPSA) is 59.7 Å². The molecule has 0 aromatic heterocycles. The van der Waals surface area contributed by atoms with E-state index < -0.39 is 0 Å². The predicted octanol–water partition coefficient (Wildman–Crippen LogP) is 0.910. The number of nitrogens with one attached hydrogen (secondary N) is 1. The van der Waals surface area contributed by atoms with Gasteiger partial charge in [-0.15, -0.1) is 0 Å². The predicted molar refractivity (Wildman–Crippen MR) is 43.4 cm³/mol. The van der Waals surface area contributed by atoms with E-state index in [0.717, 1.165) is 31.6 Å². The van der Waals surface area contributed by atoms with E-state index in [9.17, 15) is 0 Å². The highest BCUT2D eigenvalue weighted by Gasteiger charge is 2.14. The molecular weight excluding hydrogens is 142 g/mol. The highest BCUT2D eigenvalue weighted by atomic mass is 16.4. The summed E-state index contributed by atoms with van der Waals surface area (Å²) in [5.74, 6) is 0.599. The molecule has 0 aliphatic carbocycles. The Morgan fingerprint density at radius 3 is 2.45 bits per heavy atom. The van der Waals surface area contributed by atoms with Gasteiger partial charge in [0.05, 0.1) is 11.5 Å². The molecule has 4 heteroatoms. The molecule has 1 aliphatic heterocycles.